The number of hydrogen-bond acceptors (Lipinski definition) is 4. The molecule has 1 rings (SSSR count). The summed E-state index contributed by atoms with van der Waals surface area (Å²) in [4.78, 5) is 0.189. The summed E-state index contributed by atoms with van der Waals surface area (Å²) >= 11 is 0. The van der Waals surface area contributed by atoms with Gasteiger partial charge in [-0.2, -0.15) is 0 Å². The first kappa shape index (κ1) is 20.3. The van der Waals surface area contributed by atoms with Crippen molar-refractivity contribution in [1.29, 1.82) is 0 Å². The molecule has 132 valence electrons. The number of aliphatic hydroxyl groups is 1. The van der Waals surface area contributed by atoms with E-state index >= 15 is 0 Å². The van der Waals surface area contributed by atoms with E-state index in [4.69, 9.17) is 4.43 Å². The zero-order chi connectivity index (χ0) is 17.9. The molecule has 0 amide bonds. The van der Waals surface area contributed by atoms with Crippen molar-refractivity contribution in [1.82, 2.24) is 4.72 Å². The number of aliphatic hydroxyl groups excluding tert-OH is 1. The molecule has 1 aromatic carbocycles. The van der Waals surface area contributed by atoms with Crippen LogP contribution in [-0.4, -0.2) is 41.1 Å². The fraction of sp³-hybridized carbons (Fsp3) is 0.625. The second kappa shape index (κ2) is 7.44. The zero-order valence-electron chi connectivity index (χ0n) is 14.9. The summed E-state index contributed by atoms with van der Waals surface area (Å²) in [6, 6.07) is 5.95. The van der Waals surface area contributed by atoms with Gasteiger partial charge in [0.1, 0.15) is 0 Å². The van der Waals surface area contributed by atoms with Crippen LogP contribution in [0.3, 0.4) is 0 Å². The van der Waals surface area contributed by atoms with Crippen molar-refractivity contribution in [2.75, 3.05) is 13.2 Å². The molecule has 0 aliphatic rings. The van der Waals surface area contributed by atoms with Gasteiger partial charge in [-0.3, -0.25) is 0 Å². The number of nitrogens with one attached hydrogen (secondary N) is 1. The summed E-state index contributed by atoms with van der Waals surface area (Å²) < 4.78 is 33.3. The largest absolute Gasteiger partial charge is 0.415 e. The van der Waals surface area contributed by atoms with Gasteiger partial charge in [0.2, 0.25) is 10.0 Å². The predicted molar refractivity (Wildman–Crippen MR) is 95.5 cm³/mol. The normalized spacial score (nSPS) is 14.7. The van der Waals surface area contributed by atoms with Crippen LogP contribution in [-0.2, 0) is 14.4 Å². The van der Waals surface area contributed by atoms with E-state index in [0.717, 1.165) is 5.56 Å². The summed E-state index contributed by atoms with van der Waals surface area (Å²) in [6.45, 7) is 12.3. The van der Waals surface area contributed by atoms with Gasteiger partial charge in [0.05, 0.1) is 24.2 Å². The first-order valence-electron chi connectivity index (χ1n) is 7.73. The highest BCUT2D eigenvalue weighted by Gasteiger charge is 2.37. The third-order valence-electron chi connectivity index (χ3n) is 4.33. The minimum atomic E-state index is -3.67. The second-order valence-corrected chi connectivity index (χ2v) is 13.9. The van der Waals surface area contributed by atoms with Crippen molar-refractivity contribution in [2.45, 2.75) is 56.8 Å². The standard InChI is InChI=1S/C16H29NO4SSi/c1-13-7-9-15(10-8-13)22(19,20)17-14(11-18)12-21-23(5,6)16(2,3)4/h7-10,14,17-18H,11-12H2,1-6H3/t14-/m1/s1. The lowest BCUT2D eigenvalue weighted by molar-refractivity contribution is 0.187. The van der Waals surface area contributed by atoms with Crippen LogP contribution in [0.4, 0.5) is 0 Å². The molecule has 0 spiro atoms. The summed E-state index contributed by atoms with van der Waals surface area (Å²) in [5.41, 5.74) is 0.990. The molecule has 0 aliphatic heterocycles. The van der Waals surface area contributed by atoms with E-state index in [9.17, 15) is 13.5 Å². The zero-order valence-corrected chi connectivity index (χ0v) is 16.7. The molecule has 0 radical (unpaired) electrons. The Bertz CT molecular complexity index is 606. The van der Waals surface area contributed by atoms with Crippen LogP contribution in [0.15, 0.2) is 29.2 Å². The van der Waals surface area contributed by atoms with Crippen molar-refractivity contribution in [3.63, 3.8) is 0 Å². The van der Waals surface area contributed by atoms with Gasteiger partial charge in [-0.15, -0.1) is 0 Å². The van der Waals surface area contributed by atoms with Crippen molar-refractivity contribution >= 4 is 18.3 Å². The Hall–Kier alpha value is -0.733. The van der Waals surface area contributed by atoms with E-state index in [1.165, 1.54) is 0 Å². The Labute approximate surface area is 141 Å². The molecule has 0 aromatic heterocycles. The van der Waals surface area contributed by atoms with Crippen molar-refractivity contribution in [3.05, 3.63) is 29.8 Å². The predicted octanol–water partition coefficient (Wildman–Crippen LogP) is 2.66. The van der Waals surface area contributed by atoms with Crippen LogP contribution in [0.25, 0.3) is 0 Å². The highest BCUT2D eigenvalue weighted by molar-refractivity contribution is 7.89. The average Bonchev–Trinajstić information content (AvgIpc) is 2.42. The third-order valence-corrected chi connectivity index (χ3v) is 10.4. The quantitative estimate of drug-likeness (QED) is 0.734. The Morgan fingerprint density at radius 1 is 1.22 bits per heavy atom. The minimum absolute atomic E-state index is 0.0306. The first-order valence-corrected chi connectivity index (χ1v) is 12.1. The van der Waals surface area contributed by atoms with Crippen LogP contribution in [0.2, 0.25) is 18.1 Å². The van der Waals surface area contributed by atoms with Crippen molar-refractivity contribution < 1.29 is 18.0 Å². The van der Waals surface area contributed by atoms with Gasteiger partial charge < -0.3 is 9.53 Å². The molecule has 5 nitrogen and oxygen atoms in total. The fourth-order valence-corrected chi connectivity index (χ4v) is 3.92. The molecule has 0 saturated carbocycles. The fourth-order valence-electron chi connectivity index (χ4n) is 1.65. The van der Waals surface area contributed by atoms with Crippen molar-refractivity contribution in [2.24, 2.45) is 0 Å². The molecular formula is C16H29NO4SSi. The number of hydrogen-bond donors (Lipinski definition) is 2. The summed E-state index contributed by atoms with van der Waals surface area (Å²) in [7, 11) is -5.66. The molecule has 2 N–H and O–H groups in total. The molecule has 23 heavy (non-hydrogen) atoms. The maximum atomic E-state index is 12.4. The number of rotatable bonds is 7. The van der Waals surface area contributed by atoms with E-state index in [2.05, 4.69) is 38.6 Å². The van der Waals surface area contributed by atoms with Gasteiger partial charge in [-0.1, -0.05) is 38.5 Å². The minimum Gasteiger partial charge on any atom is -0.415 e. The van der Waals surface area contributed by atoms with Crippen LogP contribution >= 0.6 is 0 Å². The maximum Gasteiger partial charge on any atom is 0.240 e. The number of benzene rings is 1. The van der Waals surface area contributed by atoms with E-state index < -0.39 is 24.4 Å². The molecule has 0 unspecified atom stereocenters. The van der Waals surface area contributed by atoms with Gasteiger partial charge >= 0.3 is 0 Å². The smallest absolute Gasteiger partial charge is 0.240 e. The Morgan fingerprint density at radius 3 is 2.17 bits per heavy atom. The summed E-state index contributed by atoms with van der Waals surface area (Å²) in [6.07, 6.45) is 0. The van der Waals surface area contributed by atoms with Crippen LogP contribution in [0, 0.1) is 6.92 Å². The number of aryl methyl sites for hydroxylation is 1. The molecule has 0 aliphatic carbocycles. The van der Waals surface area contributed by atoms with Crippen molar-refractivity contribution in [3.8, 4) is 0 Å². The molecule has 0 fully saturated rings. The maximum absolute atomic E-state index is 12.4. The molecule has 1 aromatic rings. The van der Waals surface area contributed by atoms with Gasteiger partial charge in [0.15, 0.2) is 8.32 Å². The SMILES string of the molecule is Cc1ccc(S(=O)(=O)N[C@H](CO)CO[Si](C)(C)C(C)(C)C)cc1. The molecule has 0 saturated heterocycles. The van der Waals surface area contributed by atoms with Crippen LogP contribution in [0.5, 0.6) is 0 Å². The topological polar surface area (TPSA) is 75.6 Å². The van der Waals surface area contributed by atoms with Gasteiger partial charge in [-0.05, 0) is 37.2 Å². The highest BCUT2D eigenvalue weighted by Crippen LogP contribution is 2.36. The van der Waals surface area contributed by atoms with Crippen LogP contribution < -0.4 is 4.72 Å². The van der Waals surface area contributed by atoms with Gasteiger partial charge in [0.25, 0.3) is 0 Å². The Balaban J connectivity index is 2.78. The summed E-state index contributed by atoms with van der Waals surface area (Å²) in [5, 5.41) is 9.52. The van der Waals surface area contributed by atoms with Gasteiger partial charge in [-0.25, -0.2) is 13.1 Å². The highest BCUT2D eigenvalue weighted by atomic mass is 32.2. The lowest BCUT2D eigenvalue weighted by Gasteiger charge is -2.37. The Morgan fingerprint density at radius 2 is 1.74 bits per heavy atom. The lowest BCUT2D eigenvalue weighted by Crippen LogP contribution is -2.47. The van der Waals surface area contributed by atoms with Crippen LogP contribution in [0.1, 0.15) is 26.3 Å². The molecule has 1 atom stereocenters. The number of sulfonamides is 1. The van der Waals surface area contributed by atoms with E-state index in [0.29, 0.717) is 0 Å². The lowest BCUT2D eigenvalue weighted by atomic mass is 10.2. The first-order chi connectivity index (χ1) is 10.4. The van der Waals surface area contributed by atoms with E-state index in [-0.39, 0.29) is 23.1 Å². The molecule has 0 bridgehead atoms. The van der Waals surface area contributed by atoms with E-state index in [1.807, 2.05) is 6.92 Å². The monoisotopic (exact) mass is 359 g/mol. The molecular weight excluding hydrogens is 330 g/mol. The van der Waals surface area contributed by atoms with Gasteiger partial charge in [0, 0.05) is 0 Å². The second-order valence-electron chi connectivity index (χ2n) is 7.39. The average molecular weight is 360 g/mol. The summed E-state index contributed by atoms with van der Waals surface area (Å²) in [5.74, 6) is 0. The van der Waals surface area contributed by atoms with E-state index in [1.54, 1.807) is 24.3 Å². The molecule has 7 heteroatoms. The molecule has 0 heterocycles. The third kappa shape index (κ3) is 5.68. The Kier molecular flexibility index (Phi) is 6.57.